The van der Waals surface area contributed by atoms with Gasteiger partial charge in [0, 0.05) is 18.7 Å². The zero-order chi connectivity index (χ0) is 13.2. The molecule has 0 bridgehead atoms. The zero-order valence-electron chi connectivity index (χ0n) is 10.8. The molecule has 4 heteroatoms. The Morgan fingerprint density at radius 1 is 1.11 bits per heavy atom. The Labute approximate surface area is 109 Å². The SMILES string of the molecule is NCCCCCC(=O)NCCc1ccc(N)cc1. The van der Waals surface area contributed by atoms with Crippen LogP contribution in [0.25, 0.3) is 0 Å². The van der Waals surface area contributed by atoms with Gasteiger partial charge in [-0.25, -0.2) is 0 Å². The molecule has 4 nitrogen and oxygen atoms in total. The molecule has 0 aromatic heterocycles. The predicted octanol–water partition coefficient (Wildman–Crippen LogP) is 1.45. The fourth-order valence-corrected chi connectivity index (χ4v) is 1.73. The first-order valence-corrected chi connectivity index (χ1v) is 6.53. The zero-order valence-corrected chi connectivity index (χ0v) is 10.8. The molecular weight excluding hydrogens is 226 g/mol. The average molecular weight is 249 g/mol. The highest BCUT2D eigenvalue weighted by atomic mass is 16.1. The highest BCUT2D eigenvalue weighted by Crippen LogP contribution is 2.05. The predicted molar refractivity (Wildman–Crippen MR) is 75.1 cm³/mol. The van der Waals surface area contributed by atoms with Gasteiger partial charge >= 0.3 is 0 Å². The Hall–Kier alpha value is -1.55. The normalized spacial score (nSPS) is 10.3. The van der Waals surface area contributed by atoms with Gasteiger partial charge < -0.3 is 16.8 Å². The minimum absolute atomic E-state index is 0.127. The molecule has 0 fully saturated rings. The van der Waals surface area contributed by atoms with Crippen molar-refractivity contribution >= 4 is 11.6 Å². The number of nitrogens with two attached hydrogens (primary N) is 2. The van der Waals surface area contributed by atoms with Crippen LogP contribution in [0.5, 0.6) is 0 Å². The lowest BCUT2D eigenvalue weighted by Crippen LogP contribution is -2.25. The molecule has 0 aliphatic rings. The molecule has 0 aliphatic heterocycles. The van der Waals surface area contributed by atoms with Crippen LogP contribution in [0, 0.1) is 0 Å². The first-order chi connectivity index (χ1) is 8.72. The molecule has 1 aromatic rings. The van der Waals surface area contributed by atoms with E-state index in [0.29, 0.717) is 19.5 Å². The van der Waals surface area contributed by atoms with Gasteiger partial charge in [-0.05, 0) is 43.5 Å². The highest BCUT2D eigenvalue weighted by Gasteiger charge is 2.00. The van der Waals surface area contributed by atoms with Gasteiger partial charge in [-0.2, -0.15) is 0 Å². The van der Waals surface area contributed by atoms with Gasteiger partial charge in [-0.1, -0.05) is 18.6 Å². The van der Waals surface area contributed by atoms with Gasteiger partial charge in [0.25, 0.3) is 0 Å². The molecule has 0 saturated heterocycles. The number of amides is 1. The summed E-state index contributed by atoms with van der Waals surface area (Å²) in [6, 6.07) is 7.74. The summed E-state index contributed by atoms with van der Waals surface area (Å²) in [5.41, 5.74) is 12.9. The summed E-state index contributed by atoms with van der Waals surface area (Å²) in [6.07, 6.45) is 4.39. The molecular formula is C14H23N3O. The topological polar surface area (TPSA) is 81.1 Å². The molecule has 0 unspecified atom stereocenters. The van der Waals surface area contributed by atoms with Crippen LogP contribution in [0.15, 0.2) is 24.3 Å². The van der Waals surface area contributed by atoms with Crippen molar-refractivity contribution < 1.29 is 4.79 Å². The lowest BCUT2D eigenvalue weighted by Gasteiger charge is -2.05. The number of anilines is 1. The monoisotopic (exact) mass is 249 g/mol. The summed E-state index contributed by atoms with van der Waals surface area (Å²) >= 11 is 0. The van der Waals surface area contributed by atoms with E-state index in [-0.39, 0.29) is 5.91 Å². The van der Waals surface area contributed by atoms with Crippen LogP contribution in [0.4, 0.5) is 5.69 Å². The van der Waals surface area contributed by atoms with E-state index >= 15 is 0 Å². The highest BCUT2D eigenvalue weighted by molar-refractivity contribution is 5.75. The van der Waals surface area contributed by atoms with Crippen LogP contribution in [0.2, 0.25) is 0 Å². The maximum Gasteiger partial charge on any atom is 0.220 e. The number of carbonyl (C=O) groups is 1. The molecule has 0 heterocycles. The summed E-state index contributed by atoms with van der Waals surface area (Å²) in [5, 5.41) is 2.92. The van der Waals surface area contributed by atoms with Gasteiger partial charge in [0.1, 0.15) is 0 Å². The van der Waals surface area contributed by atoms with E-state index in [9.17, 15) is 4.79 Å². The number of hydrogen-bond acceptors (Lipinski definition) is 3. The van der Waals surface area contributed by atoms with Crippen LogP contribution < -0.4 is 16.8 Å². The summed E-state index contributed by atoms with van der Waals surface area (Å²) in [7, 11) is 0. The van der Waals surface area contributed by atoms with Crippen molar-refractivity contribution in [2.24, 2.45) is 5.73 Å². The van der Waals surface area contributed by atoms with E-state index in [2.05, 4.69) is 5.32 Å². The number of hydrogen-bond donors (Lipinski definition) is 3. The fourth-order valence-electron chi connectivity index (χ4n) is 1.73. The molecule has 0 saturated carbocycles. The lowest BCUT2D eigenvalue weighted by molar-refractivity contribution is -0.121. The summed E-state index contributed by atoms with van der Waals surface area (Å²) < 4.78 is 0. The maximum atomic E-state index is 11.5. The Morgan fingerprint density at radius 3 is 2.50 bits per heavy atom. The molecule has 0 atom stereocenters. The van der Waals surface area contributed by atoms with Crippen molar-refractivity contribution in [3.63, 3.8) is 0 Å². The molecule has 0 aliphatic carbocycles. The van der Waals surface area contributed by atoms with E-state index in [1.165, 1.54) is 5.56 Å². The van der Waals surface area contributed by atoms with Crippen LogP contribution in [0.1, 0.15) is 31.2 Å². The van der Waals surface area contributed by atoms with Crippen LogP contribution >= 0.6 is 0 Å². The van der Waals surface area contributed by atoms with Crippen molar-refractivity contribution in [2.45, 2.75) is 32.1 Å². The Kier molecular flexibility index (Phi) is 6.87. The minimum Gasteiger partial charge on any atom is -0.399 e. The first kappa shape index (κ1) is 14.5. The minimum atomic E-state index is 0.127. The van der Waals surface area contributed by atoms with E-state index in [4.69, 9.17) is 11.5 Å². The van der Waals surface area contributed by atoms with E-state index in [1.807, 2.05) is 24.3 Å². The summed E-state index contributed by atoms with van der Waals surface area (Å²) in [5.74, 6) is 0.127. The van der Waals surface area contributed by atoms with E-state index in [1.54, 1.807) is 0 Å². The van der Waals surface area contributed by atoms with Gasteiger partial charge in [0.15, 0.2) is 0 Å². The van der Waals surface area contributed by atoms with E-state index < -0.39 is 0 Å². The molecule has 1 amide bonds. The Bertz CT molecular complexity index is 349. The van der Waals surface area contributed by atoms with Gasteiger partial charge in [-0.15, -0.1) is 0 Å². The third-order valence-electron chi connectivity index (χ3n) is 2.82. The number of unbranched alkanes of at least 4 members (excludes halogenated alkanes) is 2. The van der Waals surface area contributed by atoms with Crippen molar-refractivity contribution in [1.82, 2.24) is 5.32 Å². The number of nitrogen functional groups attached to an aromatic ring is 1. The molecule has 100 valence electrons. The van der Waals surface area contributed by atoms with Gasteiger partial charge in [0.05, 0.1) is 0 Å². The maximum absolute atomic E-state index is 11.5. The quantitative estimate of drug-likeness (QED) is 0.482. The Balaban J connectivity index is 2.10. The summed E-state index contributed by atoms with van der Waals surface area (Å²) in [6.45, 7) is 1.39. The molecule has 18 heavy (non-hydrogen) atoms. The summed E-state index contributed by atoms with van der Waals surface area (Å²) in [4.78, 5) is 11.5. The number of carbonyl (C=O) groups excluding carboxylic acids is 1. The van der Waals surface area contributed by atoms with Crippen LogP contribution in [-0.4, -0.2) is 19.0 Å². The van der Waals surface area contributed by atoms with Gasteiger partial charge in [-0.3, -0.25) is 4.79 Å². The lowest BCUT2D eigenvalue weighted by atomic mass is 10.1. The fraction of sp³-hybridized carbons (Fsp3) is 0.500. The second-order valence-electron chi connectivity index (χ2n) is 4.44. The Morgan fingerprint density at radius 2 is 1.83 bits per heavy atom. The number of rotatable bonds is 8. The molecule has 0 spiro atoms. The average Bonchev–Trinajstić information content (AvgIpc) is 2.37. The van der Waals surface area contributed by atoms with E-state index in [0.717, 1.165) is 31.4 Å². The van der Waals surface area contributed by atoms with Crippen molar-refractivity contribution in [2.75, 3.05) is 18.8 Å². The second kappa shape index (κ2) is 8.53. The van der Waals surface area contributed by atoms with Crippen molar-refractivity contribution in [3.8, 4) is 0 Å². The third-order valence-corrected chi connectivity index (χ3v) is 2.82. The molecule has 1 aromatic carbocycles. The van der Waals surface area contributed by atoms with Crippen molar-refractivity contribution in [3.05, 3.63) is 29.8 Å². The largest absolute Gasteiger partial charge is 0.399 e. The molecule has 0 radical (unpaired) electrons. The van der Waals surface area contributed by atoms with Gasteiger partial charge in [0.2, 0.25) is 5.91 Å². The van der Waals surface area contributed by atoms with Crippen LogP contribution in [-0.2, 0) is 11.2 Å². The second-order valence-corrected chi connectivity index (χ2v) is 4.44. The standard InChI is InChI=1S/C14H23N3O/c15-10-3-1-2-4-14(18)17-11-9-12-5-7-13(16)8-6-12/h5-8H,1-4,9-11,15-16H2,(H,17,18). The molecule has 1 rings (SSSR count). The van der Waals surface area contributed by atoms with Crippen molar-refractivity contribution in [1.29, 1.82) is 0 Å². The molecule has 5 N–H and O–H groups in total. The number of nitrogens with one attached hydrogen (secondary N) is 1. The smallest absolute Gasteiger partial charge is 0.220 e. The third kappa shape index (κ3) is 6.25. The number of benzene rings is 1. The van der Waals surface area contributed by atoms with Crippen LogP contribution in [0.3, 0.4) is 0 Å². The first-order valence-electron chi connectivity index (χ1n) is 6.53.